The Hall–Kier alpha value is -2.29. The Labute approximate surface area is 147 Å². The highest BCUT2D eigenvalue weighted by molar-refractivity contribution is 7.98. The highest BCUT2D eigenvalue weighted by Gasteiger charge is 2.13. The molecule has 0 amide bonds. The molecule has 6 heteroatoms. The Balaban J connectivity index is 2.05. The van der Waals surface area contributed by atoms with Crippen molar-refractivity contribution in [3.8, 4) is 6.07 Å². The molecular weight excluding hydrogens is 347 g/mol. The third-order valence-corrected chi connectivity index (χ3v) is 5.06. The number of aryl methyl sites for hydroxylation is 1. The zero-order valence-corrected chi connectivity index (χ0v) is 14.3. The summed E-state index contributed by atoms with van der Waals surface area (Å²) in [5, 5.41) is 11.3. The van der Waals surface area contributed by atoms with Crippen LogP contribution in [-0.2, 0) is 5.75 Å². The van der Waals surface area contributed by atoms with E-state index in [1.807, 2.05) is 31.2 Å². The van der Waals surface area contributed by atoms with Gasteiger partial charge in [-0.3, -0.25) is 4.79 Å². The SMILES string of the molecule is Cc1ccc(CSc2[nH]c(=O)c(C#N)c3ccc(F)cc23)c(Cl)c1. The summed E-state index contributed by atoms with van der Waals surface area (Å²) in [7, 11) is 0. The Bertz CT molecular complexity index is 1040. The molecule has 1 aromatic heterocycles. The van der Waals surface area contributed by atoms with Gasteiger partial charge in [0.25, 0.3) is 5.56 Å². The van der Waals surface area contributed by atoms with E-state index in [9.17, 15) is 9.18 Å². The van der Waals surface area contributed by atoms with E-state index in [0.717, 1.165) is 11.1 Å². The first-order valence-corrected chi connectivity index (χ1v) is 8.49. The van der Waals surface area contributed by atoms with Crippen LogP contribution >= 0.6 is 23.4 Å². The molecule has 0 bridgehead atoms. The van der Waals surface area contributed by atoms with Crippen molar-refractivity contribution in [2.45, 2.75) is 17.7 Å². The number of H-pyrrole nitrogens is 1. The molecule has 0 aliphatic heterocycles. The van der Waals surface area contributed by atoms with E-state index in [4.69, 9.17) is 16.9 Å². The molecule has 0 fully saturated rings. The number of nitrogens with one attached hydrogen (secondary N) is 1. The van der Waals surface area contributed by atoms with Crippen molar-refractivity contribution in [3.05, 3.63) is 74.3 Å². The lowest BCUT2D eigenvalue weighted by molar-refractivity contribution is 0.629. The van der Waals surface area contributed by atoms with Gasteiger partial charge in [0.1, 0.15) is 17.4 Å². The summed E-state index contributed by atoms with van der Waals surface area (Å²) in [5.41, 5.74) is 1.49. The minimum atomic E-state index is -0.478. The molecule has 24 heavy (non-hydrogen) atoms. The number of hydrogen-bond donors (Lipinski definition) is 1. The lowest BCUT2D eigenvalue weighted by Gasteiger charge is -2.09. The van der Waals surface area contributed by atoms with Crippen LogP contribution in [0.3, 0.4) is 0 Å². The minimum Gasteiger partial charge on any atom is -0.315 e. The van der Waals surface area contributed by atoms with E-state index in [-0.39, 0.29) is 5.56 Å². The molecule has 0 unspecified atom stereocenters. The van der Waals surface area contributed by atoms with Crippen LogP contribution in [0.15, 0.2) is 46.2 Å². The van der Waals surface area contributed by atoms with Crippen molar-refractivity contribution < 1.29 is 4.39 Å². The predicted molar refractivity (Wildman–Crippen MR) is 95.0 cm³/mol. The van der Waals surface area contributed by atoms with E-state index < -0.39 is 11.4 Å². The van der Waals surface area contributed by atoms with Crippen molar-refractivity contribution >= 4 is 34.1 Å². The lowest BCUT2D eigenvalue weighted by atomic mass is 10.1. The number of pyridine rings is 1. The quantitative estimate of drug-likeness (QED) is 0.684. The highest BCUT2D eigenvalue weighted by Crippen LogP contribution is 2.31. The second-order valence-corrected chi connectivity index (χ2v) is 6.74. The molecule has 0 aliphatic rings. The van der Waals surface area contributed by atoms with E-state index in [1.165, 1.54) is 30.0 Å². The number of fused-ring (bicyclic) bond motifs is 1. The summed E-state index contributed by atoms with van der Waals surface area (Å²) >= 11 is 7.58. The van der Waals surface area contributed by atoms with Crippen molar-refractivity contribution in [1.82, 2.24) is 4.98 Å². The average Bonchev–Trinajstić information content (AvgIpc) is 2.54. The summed E-state index contributed by atoms with van der Waals surface area (Å²) < 4.78 is 13.6. The van der Waals surface area contributed by atoms with Crippen LogP contribution in [0.5, 0.6) is 0 Å². The molecule has 0 saturated carbocycles. The van der Waals surface area contributed by atoms with E-state index in [0.29, 0.717) is 26.6 Å². The Morgan fingerprint density at radius 2 is 2.04 bits per heavy atom. The van der Waals surface area contributed by atoms with E-state index >= 15 is 0 Å². The molecule has 3 rings (SSSR count). The van der Waals surface area contributed by atoms with Gasteiger partial charge >= 0.3 is 0 Å². The van der Waals surface area contributed by atoms with Gasteiger partial charge in [-0.2, -0.15) is 5.26 Å². The first-order chi connectivity index (χ1) is 11.5. The predicted octanol–water partition coefficient (Wildman–Crippen LogP) is 4.79. The van der Waals surface area contributed by atoms with Gasteiger partial charge in [0.15, 0.2) is 0 Å². The second-order valence-electron chi connectivity index (χ2n) is 5.34. The van der Waals surface area contributed by atoms with Gasteiger partial charge in [0.05, 0.1) is 5.03 Å². The maximum absolute atomic E-state index is 13.6. The third-order valence-electron chi connectivity index (χ3n) is 3.64. The fourth-order valence-corrected chi connectivity index (χ4v) is 3.84. The molecule has 0 spiro atoms. The van der Waals surface area contributed by atoms with E-state index in [1.54, 1.807) is 0 Å². The average molecular weight is 359 g/mol. The number of hydrogen-bond acceptors (Lipinski definition) is 3. The molecule has 0 atom stereocenters. The van der Waals surface area contributed by atoms with Crippen LogP contribution < -0.4 is 5.56 Å². The zero-order valence-electron chi connectivity index (χ0n) is 12.7. The Morgan fingerprint density at radius 3 is 2.75 bits per heavy atom. The van der Waals surface area contributed by atoms with Crippen molar-refractivity contribution in [2.75, 3.05) is 0 Å². The molecule has 3 nitrogen and oxygen atoms in total. The number of halogens is 2. The molecule has 1 N–H and O–H groups in total. The van der Waals surface area contributed by atoms with Crippen LogP contribution in [0.25, 0.3) is 10.8 Å². The first kappa shape index (κ1) is 16.6. The molecule has 3 aromatic rings. The van der Waals surface area contributed by atoms with Crippen molar-refractivity contribution in [1.29, 1.82) is 5.26 Å². The number of rotatable bonds is 3. The molecule has 0 aliphatic carbocycles. The van der Waals surface area contributed by atoms with Crippen LogP contribution in [0, 0.1) is 24.1 Å². The number of aromatic nitrogens is 1. The zero-order chi connectivity index (χ0) is 17.3. The summed E-state index contributed by atoms with van der Waals surface area (Å²) in [5.74, 6) is 0.0979. The molecule has 2 aromatic carbocycles. The fraction of sp³-hybridized carbons (Fsp3) is 0.111. The number of nitrogens with zero attached hydrogens (tertiary/aromatic N) is 1. The molecular formula is C18H12ClFN2OS. The third kappa shape index (κ3) is 3.16. The molecule has 0 radical (unpaired) electrons. The van der Waals surface area contributed by atoms with E-state index in [2.05, 4.69) is 4.98 Å². The Morgan fingerprint density at radius 1 is 1.25 bits per heavy atom. The van der Waals surface area contributed by atoms with Crippen molar-refractivity contribution in [3.63, 3.8) is 0 Å². The van der Waals surface area contributed by atoms with Gasteiger partial charge in [0, 0.05) is 21.5 Å². The number of aromatic amines is 1. The van der Waals surface area contributed by atoms with Crippen molar-refractivity contribution in [2.24, 2.45) is 0 Å². The van der Waals surface area contributed by atoms with Crippen LogP contribution in [0.2, 0.25) is 5.02 Å². The molecule has 0 saturated heterocycles. The maximum Gasteiger partial charge on any atom is 0.267 e. The number of benzene rings is 2. The summed E-state index contributed by atoms with van der Waals surface area (Å²) in [6.45, 7) is 1.96. The van der Waals surface area contributed by atoms with Crippen LogP contribution in [-0.4, -0.2) is 4.98 Å². The summed E-state index contributed by atoms with van der Waals surface area (Å²) in [4.78, 5) is 14.8. The van der Waals surface area contributed by atoms with Gasteiger partial charge in [-0.25, -0.2) is 4.39 Å². The van der Waals surface area contributed by atoms with Gasteiger partial charge in [-0.1, -0.05) is 23.7 Å². The minimum absolute atomic E-state index is 0.0114. The number of nitriles is 1. The van der Waals surface area contributed by atoms with Crippen LogP contribution in [0.1, 0.15) is 16.7 Å². The normalized spacial score (nSPS) is 10.8. The standard InChI is InChI=1S/C18H12ClFN2OS/c1-10-2-3-11(16(19)6-10)9-24-18-14-7-12(20)4-5-13(14)15(8-21)17(23)22-18/h2-7H,9H2,1H3,(H,22,23). The largest absolute Gasteiger partial charge is 0.315 e. The van der Waals surface area contributed by atoms with Gasteiger partial charge < -0.3 is 4.98 Å². The Kier molecular flexibility index (Phi) is 4.61. The van der Waals surface area contributed by atoms with Gasteiger partial charge in [-0.15, -0.1) is 11.8 Å². The van der Waals surface area contributed by atoms with Gasteiger partial charge in [0.2, 0.25) is 0 Å². The number of thioether (sulfide) groups is 1. The lowest BCUT2D eigenvalue weighted by Crippen LogP contribution is -2.11. The second kappa shape index (κ2) is 6.68. The topological polar surface area (TPSA) is 56.6 Å². The van der Waals surface area contributed by atoms with Crippen LogP contribution in [0.4, 0.5) is 4.39 Å². The van der Waals surface area contributed by atoms with Gasteiger partial charge in [-0.05, 0) is 42.3 Å². The summed E-state index contributed by atoms with van der Waals surface area (Å²) in [6, 6.07) is 11.7. The summed E-state index contributed by atoms with van der Waals surface area (Å²) in [6.07, 6.45) is 0. The highest BCUT2D eigenvalue weighted by atomic mass is 35.5. The molecule has 1 heterocycles. The molecule has 120 valence electrons. The monoisotopic (exact) mass is 358 g/mol. The first-order valence-electron chi connectivity index (χ1n) is 7.13. The smallest absolute Gasteiger partial charge is 0.267 e. The fourth-order valence-electron chi connectivity index (χ4n) is 2.42. The maximum atomic E-state index is 13.6.